The van der Waals surface area contributed by atoms with Gasteiger partial charge in [0.15, 0.2) is 5.78 Å². The number of hydrogen-bond donors (Lipinski definition) is 0. The number of rotatable bonds is 4. The Labute approximate surface area is 124 Å². The molecule has 0 saturated carbocycles. The van der Waals surface area contributed by atoms with Crippen LogP contribution in [0.5, 0.6) is 0 Å². The van der Waals surface area contributed by atoms with Crippen LogP contribution in [0.2, 0.25) is 0 Å². The lowest BCUT2D eigenvalue weighted by Crippen LogP contribution is -2.34. The van der Waals surface area contributed by atoms with Gasteiger partial charge in [0.2, 0.25) is 0 Å². The maximum absolute atomic E-state index is 11.7. The molecule has 1 aliphatic carbocycles. The van der Waals surface area contributed by atoms with Crippen molar-refractivity contribution in [3.05, 3.63) is 46.5 Å². The lowest BCUT2D eigenvalue weighted by Gasteiger charge is -2.38. The minimum atomic E-state index is -0.0101. The van der Waals surface area contributed by atoms with E-state index < -0.39 is 0 Å². The van der Waals surface area contributed by atoms with Crippen molar-refractivity contribution in [1.82, 2.24) is 0 Å². The van der Waals surface area contributed by atoms with E-state index in [-0.39, 0.29) is 11.2 Å². The number of halogens is 1. The number of carbonyl (C=O) groups is 1. The van der Waals surface area contributed by atoms with Crippen LogP contribution in [0.4, 0.5) is 0 Å². The fourth-order valence-corrected chi connectivity index (χ4v) is 3.18. The minimum absolute atomic E-state index is 0.0101. The summed E-state index contributed by atoms with van der Waals surface area (Å²) in [5, 5.41) is 0. The van der Waals surface area contributed by atoms with Crippen LogP contribution >= 0.6 is 15.9 Å². The number of benzene rings is 1. The van der Waals surface area contributed by atoms with E-state index in [2.05, 4.69) is 60.1 Å². The molecule has 1 aromatic carbocycles. The molecule has 1 aromatic rings. The van der Waals surface area contributed by atoms with Gasteiger partial charge in [0.1, 0.15) is 0 Å². The van der Waals surface area contributed by atoms with Crippen LogP contribution in [0.1, 0.15) is 45.1 Å². The Kier molecular flexibility index (Phi) is 4.62. The smallest absolute Gasteiger partial charge is 0.155 e. The third kappa shape index (κ3) is 3.17. The number of hydrogen-bond acceptors (Lipinski definition) is 1. The van der Waals surface area contributed by atoms with Crippen molar-refractivity contribution in [1.29, 1.82) is 0 Å². The molecule has 1 nitrogen and oxygen atoms in total. The lowest BCUT2D eigenvalue weighted by molar-refractivity contribution is -0.116. The quantitative estimate of drug-likeness (QED) is 0.759. The summed E-state index contributed by atoms with van der Waals surface area (Å²) in [5.41, 5.74) is 1.30. The molecule has 0 heterocycles. The first-order valence-electron chi connectivity index (χ1n) is 7.04. The maximum atomic E-state index is 11.7. The van der Waals surface area contributed by atoms with Gasteiger partial charge in [-0.05, 0) is 36.1 Å². The van der Waals surface area contributed by atoms with Gasteiger partial charge in [0.05, 0.1) is 0 Å². The summed E-state index contributed by atoms with van der Waals surface area (Å²) < 4.78 is 1.10. The van der Waals surface area contributed by atoms with Crippen LogP contribution in [-0.4, -0.2) is 5.78 Å². The van der Waals surface area contributed by atoms with E-state index in [1.165, 1.54) is 18.4 Å². The van der Waals surface area contributed by atoms with E-state index in [0.717, 1.165) is 10.9 Å². The molecular weight excluding hydrogens is 300 g/mol. The van der Waals surface area contributed by atoms with Crippen molar-refractivity contribution >= 4 is 21.7 Å². The molecule has 0 fully saturated rings. The number of carbonyl (C=O) groups excluding carboxylic acids is 1. The first-order valence-corrected chi connectivity index (χ1v) is 7.83. The van der Waals surface area contributed by atoms with Crippen molar-refractivity contribution in [2.45, 2.75) is 44.9 Å². The highest BCUT2D eigenvalue weighted by Gasteiger charge is 2.36. The van der Waals surface area contributed by atoms with E-state index >= 15 is 0 Å². The van der Waals surface area contributed by atoms with Crippen molar-refractivity contribution in [3.63, 3.8) is 0 Å². The fourth-order valence-electron chi connectivity index (χ4n) is 2.92. The Bertz CT molecular complexity index is 475. The second kappa shape index (κ2) is 6.04. The highest BCUT2D eigenvalue weighted by molar-refractivity contribution is 9.10. The highest BCUT2D eigenvalue weighted by atomic mass is 79.9. The number of ketones is 1. The average Bonchev–Trinajstić information content (AvgIpc) is 2.40. The second-order valence-corrected chi connectivity index (χ2v) is 6.55. The van der Waals surface area contributed by atoms with Crippen LogP contribution < -0.4 is 0 Å². The fraction of sp³-hybridized carbons (Fsp3) is 0.471. The molecule has 1 aliphatic rings. The third-order valence-corrected chi connectivity index (χ3v) is 4.81. The van der Waals surface area contributed by atoms with Gasteiger partial charge in [-0.3, -0.25) is 4.79 Å². The Morgan fingerprint density at radius 1 is 1.32 bits per heavy atom. The molecule has 2 atom stereocenters. The van der Waals surface area contributed by atoms with Gasteiger partial charge in [-0.2, -0.15) is 0 Å². The Hall–Kier alpha value is -0.890. The van der Waals surface area contributed by atoms with Gasteiger partial charge in [-0.25, -0.2) is 0 Å². The predicted octanol–water partition coefficient (Wildman–Crippen LogP) is 5.04. The van der Waals surface area contributed by atoms with Crippen molar-refractivity contribution < 1.29 is 4.79 Å². The van der Waals surface area contributed by atoms with Gasteiger partial charge in [0.25, 0.3) is 0 Å². The predicted molar refractivity (Wildman–Crippen MR) is 83.3 cm³/mol. The summed E-state index contributed by atoms with van der Waals surface area (Å²) >= 11 is 3.48. The van der Waals surface area contributed by atoms with E-state index in [4.69, 9.17) is 0 Å². The Morgan fingerprint density at radius 2 is 2.00 bits per heavy atom. The molecule has 0 radical (unpaired) electrons. The van der Waals surface area contributed by atoms with Gasteiger partial charge in [0, 0.05) is 16.3 Å². The molecule has 0 aromatic heterocycles. The van der Waals surface area contributed by atoms with E-state index in [0.29, 0.717) is 12.3 Å². The van der Waals surface area contributed by atoms with E-state index in [1.807, 2.05) is 0 Å². The van der Waals surface area contributed by atoms with Crippen molar-refractivity contribution in [2.24, 2.45) is 5.92 Å². The average molecular weight is 321 g/mol. The largest absolute Gasteiger partial charge is 0.295 e. The third-order valence-electron chi connectivity index (χ3n) is 4.28. The molecule has 0 unspecified atom stereocenters. The normalized spacial score (nSPS) is 26.7. The summed E-state index contributed by atoms with van der Waals surface area (Å²) in [7, 11) is 0. The van der Waals surface area contributed by atoms with Gasteiger partial charge < -0.3 is 0 Å². The van der Waals surface area contributed by atoms with Crippen molar-refractivity contribution in [2.75, 3.05) is 0 Å². The maximum Gasteiger partial charge on any atom is 0.155 e. The van der Waals surface area contributed by atoms with Crippen LogP contribution in [0.15, 0.2) is 40.9 Å². The zero-order chi connectivity index (χ0) is 13.9. The zero-order valence-corrected chi connectivity index (χ0v) is 13.2. The summed E-state index contributed by atoms with van der Waals surface area (Å²) in [4.78, 5) is 11.7. The molecule has 0 spiro atoms. The Balaban J connectivity index is 2.33. The van der Waals surface area contributed by atoms with E-state index in [9.17, 15) is 4.79 Å². The van der Waals surface area contributed by atoms with Gasteiger partial charge >= 0.3 is 0 Å². The zero-order valence-electron chi connectivity index (χ0n) is 11.7. The summed E-state index contributed by atoms with van der Waals surface area (Å²) in [6.07, 6.45) is 8.07. The van der Waals surface area contributed by atoms with Crippen LogP contribution in [0, 0.1) is 5.92 Å². The van der Waals surface area contributed by atoms with Crippen LogP contribution in [0.3, 0.4) is 0 Å². The standard InChI is InChI=1S/C17H21BrO/c1-3-4-5-14-12-16(19)10-11-17(14,2)13-6-8-15(18)9-7-13/h6-11,14H,3-5,12H2,1-2H3/t14-,17+/m1/s1. The summed E-state index contributed by atoms with van der Waals surface area (Å²) in [6, 6.07) is 8.51. The topological polar surface area (TPSA) is 17.1 Å². The monoisotopic (exact) mass is 320 g/mol. The molecular formula is C17H21BrO. The molecule has 0 amide bonds. The number of allylic oxidation sites excluding steroid dienone is 2. The molecule has 0 bridgehead atoms. The van der Waals surface area contributed by atoms with Gasteiger partial charge in [-0.15, -0.1) is 0 Å². The molecule has 0 saturated heterocycles. The molecule has 2 heteroatoms. The van der Waals surface area contributed by atoms with E-state index in [1.54, 1.807) is 6.08 Å². The van der Waals surface area contributed by atoms with Crippen molar-refractivity contribution in [3.8, 4) is 0 Å². The molecule has 19 heavy (non-hydrogen) atoms. The molecule has 2 rings (SSSR count). The molecule has 0 aliphatic heterocycles. The summed E-state index contributed by atoms with van der Waals surface area (Å²) in [5.74, 6) is 0.696. The first kappa shape index (κ1) is 14.5. The highest BCUT2D eigenvalue weighted by Crippen LogP contribution is 2.41. The minimum Gasteiger partial charge on any atom is -0.295 e. The van der Waals surface area contributed by atoms with Gasteiger partial charge in [-0.1, -0.05) is 60.8 Å². The molecule has 0 N–H and O–H groups in total. The first-order chi connectivity index (χ1) is 9.06. The number of unbranched alkanes of at least 4 members (excludes halogenated alkanes) is 1. The molecule has 102 valence electrons. The Morgan fingerprint density at radius 3 is 2.63 bits per heavy atom. The summed E-state index contributed by atoms with van der Waals surface area (Å²) in [6.45, 7) is 4.47. The lowest BCUT2D eigenvalue weighted by atomic mass is 9.65. The van der Waals surface area contributed by atoms with Crippen LogP contribution in [0.25, 0.3) is 0 Å². The van der Waals surface area contributed by atoms with Crippen LogP contribution in [-0.2, 0) is 10.2 Å². The second-order valence-electron chi connectivity index (χ2n) is 5.63. The SMILES string of the molecule is CCCC[C@@H]1CC(=O)C=C[C@@]1(C)c1ccc(Br)cc1.